The number of ketones is 1. The summed E-state index contributed by atoms with van der Waals surface area (Å²) in [7, 11) is 0. The number of rotatable bonds is 7. The van der Waals surface area contributed by atoms with E-state index in [-0.39, 0.29) is 29.1 Å². The number of hydrogen-bond acceptors (Lipinski definition) is 6. The Morgan fingerprint density at radius 2 is 1.96 bits per heavy atom. The summed E-state index contributed by atoms with van der Waals surface area (Å²) in [5.41, 5.74) is 1.77. The number of aryl methyl sites for hydroxylation is 1. The highest BCUT2D eigenvalue weighted by Crippen LogP contribution is 2.30. The van der Waals surface area contributed by atoms with Crippen LogP contribution in [0.5, 0.6) is 0 Å². The standard InChI is InChI=1S/C17H17FN4O2/c1-10(24)16(19)15-6-12(14-8-21-11(2)22-9-14)5-13(7-18)17(15)20-3-4-23/h4-6,8-9,19-20H,3,7H2,1-2H3. The molecule has 1 aromatic heterocycles. The molecule has 124 valence electrons. The van der Waals surface area contributed by atoms with Crippen molar-refractivity contribution in [2.24, 2.45) is 0 Å². The molecule has 0 aliphatic carbocycles. The van der Waals surface area contributed by atoms with Crippen LogP contribution in [0.3, 0.4) is 0 Å². The van der Waals surface area contributed by atoms with Gasteiger partial charge in [0.25, 0.3) is 0 Å². The molecule has 0 atom stereocenters. The van der Waals surface area contributed by atoms with Crippen LogP contribution in [0.25, 0.3) is 11.1 Å². The number of halogens is 1. The quantitative estimate of drug-likeness (QED) is 0.601. The molecule has 0 saturated carbocycles. The minimum absolute atomic E-state index is 0.0435. The van der Waals surface area contributed by atoms with Crippen LogP contribution in [-0.2, 0) is 16.3 Å². The second-order valence-electron chi connectivity index (χ2n) is 5.19. The van der Waals surface area contributed by atoms with Gasteiger partial charge in [0.2, 0.25) is 0 Å². The maximum atomic E-state index is 13.5. The Labute approximate surface area is 138 Å². The zero-order valence-electron chi connectivity index (χ0n) is 13.4. The molecule has 2 N–H and O–H groups in total. The van der Waals surface area contributed by atoms with Crippen molar-refractivity contribution in [2.45, 2.75) is 20.5 Å². The van der Waals surface area contributed by atoms with Crippen molar-refractivity contribution in [2.75, 3.05) is 11.9 Å². The summed E-state index contributed by atoms with van der Waals surface area (Å²) in [4.78, 5) is 30.5. The number of aldehydes is 1. The van der Waals surface area contributed by atoms with Gasteiger partial charge in [0.1, 0.15) is 24.5 Å². The number of carbonyl (C=O) groups excluding carboxylic acids is 2. The Hall–Kier alpha value is -2.96. The second-order valence-corrected chi connectivity index (χ2v) is 5.19. The maximum absolute atomic E-state index is 13.5. The number of benzene rings is 1. The van der Waals surface area contributed by atoms with E-state index in [1.165, 1.54) is 6.92 Å². The van der Waals surface area contributed by atoms with Crippen LogP contribution < -0.4 is 5.32 Å². The van der Waals surface area contributed by atoms with E-state index in [0.29, 0.717) is 23.2 Å². The average molecular weight is 328 g/mol. The predicted molar refractivity (Wildman–Crippen MR) is 89.1 cm³/mol. The van der Waals surface area contributed by atoms with Crippen molar-refractivity contribution in [3.8, 4) is 11.1 Å². The lowest BCUT2D eigenvalue weighted by Crippen LogP contribution is -2.16. The fraction of sp³-hybridized carbons (Fsp3) is 0.235. The Morgan fingerprint density at radius 3 is 2.50 bits per heavy atom. The Kier molecular flexibility index (Phi) is 5.47. The van der Waals surface area contributed by atoms with Crippen LogP contribution in [0.1, 0.15) is 23.9 Å². The van der Waals surface area contributed by atoms with Crippen molar-refractivity contribution in [1.82, 2.24) is 9.97 Å². The van der Waals surface area contributed by atoms with E-state index in [2.05, 4.69) is 15.3 Å². The number of Topliss-reactive ketones (excluding diaryl/α,β-unsaturated/α-hetero) is 1. The molecule has 0 fully saturated rings. The van der Waals surface area contributed by atoms with Gasteiger partial charge in [0, 0.05) is 41.7 Å². The number of anilines is 1. The van der Waals surface area contributed by atoms with E-state index in [4.69, 9.17) is 5.41 Å². The van der Waals surface area contributed by atoms with Crippen LogP contribution in [0.4, 0.5) is 10.1 Å². The molecular formula is C17H17FN4O2. The minimum Gasteiger partial charge on any atom is -0.377 e. The number of alkyl halides is 1. The van der Waals surface area contributed by atoms with E-state index in [0.717, 1.165) is 0 Å². The highest BCUT2D eigenvalue weighted by atomic mass is 19.1. The Bertz CT molecular complexity index is 788. The van der Waals surface area contributed by atoms with Gasteiger partial charge in [-0.25, -0.2) is 14.4 Å². The molecule has 0 unspecified atom stereocenters. The van der Waals surface area contributed by atoms with E-state index < -0.39 is 12.5 Å². The average Bonchev–Trinajstić information content (AvgIpc) is 2.59. The number of nitrogens with one attached hydrogen (secondary N) is 2. The van der Waals surface area contributed by atoms with Crippen molar-refractivity contribution in [3.05, 3.63) is 41.5 Å². The van der Waals surface area contributed by atoms with E-state index >= 15 is 0 Å². The third-order valence-electron chi connectivity index (χ3n) is 3.46. The summed E-state index contributed by atoms with van der Waals surface area (Å²) in [6.07, 6.45) is 3.82. The lowest BCUT2D eigenvalue weighted by atomic mass is 9.95. The molecule has 0 saturated heterocycles. The summed E-state index contributed by atoms with van der Waals surface area (Å²) >= 11 is 0. The fourth-order valence-electron chi connectivity index (χ4n) is 2.26. The SMILES string of the molecule is CC(=O)C(=N)c1cc(-c2cnc(C)nc2)cc(CF)c1NCC=O. The highest BCUT2D eigenvalue weighted by molar-refractivity contribution is 6.45. The summed E-state index contributed by atoms with van der Waals surface area (Å²) in [5, 5.41) is 10.8. The molecule has 0 aliphatic heterocycles. The molecule has 0 radical (unpaired) electrons. The Balaban J connectivity index is 2.64. The van der Waals surface area contributed by atoms with Gasteiger partial charge in [-0.05, 0) is 24.6 Å². The van der Waals surface area contributed by atoms with Crippen LogP contribution >= 0.6 is 0 Å². The normalized spacial score (nSPS) is 10.3. The number of hydrogen-bond donors (Lipinski definition) is 2. The monoisotopic (exact) mass is 328 g/mol. The van der Waals surface area contributed by atoms with Gasteiger partial charge in [-0.2, -0.15) is 0 Å². The van der Waals surface area contributed by atoms with Crippen molar-refractivity contribution in [3.63, 3.8) is 0 Å². The molecule has 0 bridgehead atoms. The predicted octanol–water partition coefficient (Wildman–Crippen LogP) is 2.49. The molecule has 2 aromatic rings. The van der Waals surface area contributed by atoms with E-state index in [1.54, 1.807) is 31.5 Å². The summed E-state index contributed by atoms with van der Waals surface area (Å²) in [6.45, 7) is 2.17. The molecule has 7 heteroatoms. The number of aromatic nitrogens is 2. The van der Waals surface area contributed by atoms with Gasteiger partial charge in [-0.1, -0.05) is 0 Å². The molecule has 6 nitrogen and oxygen atoms in total. The summed E-state index contributed by atoms with van der Waals surface area (Å²) in [6, 6.07) is 3.20. The molecule has 24 heavy (non-hydrogen) atoms. The van der Waals surface area contributed by atoms with Gasteiger partial charge < -0.3 is 10.1 Å². The topological polar surface area (TPSA) is 95.8 Å². The first kappa shape index (κ1) is 17.4. The molecule has 1 heterocycles. The smallest absolute Gasteiger partial charge is 0.178 e. The molecule has 1 aromatic carbocycles. The van der Waals surface area contributed by atoms with Crippen LogP contribution in [0.15, 0.2) is 24.5 Å². The van der Waals surface area contributed by atoms with Gasteiger partial charge >= 0.3 is 0 Å². The molecule has 0 aliphatic rings. The highest BCUT2D eigenvalue weighted by Gasteiger charge is 2.18. The first-order valence-electron chi connectivity index (χ1n) is 7.27. The van der Waals surface area contributed by atoms with Crippen LogP contribution in [0.2, 0.25) is 0 Å². The van der Waals surface area contributed by atoms with Crippen molar-refractivity contribution < 1.29 is 14.0 Å². The van der Waals surface area contributed by atoms with Gasteiger partial charge in [-0.3, -0.25) is 10.2 Å². The van der Waals surface area contributed by atoms with Crippen LogP contribution in [-0.4, -0.2) is 34.3 Å². The second kappa shape index (κ2) is 7.54. The largest absolute Gasteiger partial charge is 0.377 e. The number of nitrogens with zero attached hydrogens (tertiary/aromatic N) is 2. The fourth-order valence-corrected chi connectivity index (χ4v) is 2.26. The molecule has 0 amide bonds. The van der Waals surface area contributed by atoms with E-state index in [1.807, 2.05) is 0 Å². The Morgan fingerprint density at radius 1 is 1.29 bits per heavy atom. The lowest BCUT2D eigenvalue weighted by Gasteiger charge is -2.16. The maximum Gasteiger partial charge on any atom is 0.178 e. The first-order valence-corrected chi connectivity index (χ1v) is 7.27. The summed E-state index contributed by atoms with van der Waals surface area (Å²) < 4.78 is 13.5. The zero-order chi connectivity index (χ0) is 17.7. The number of carbonyl (C=O) groups is 2. The first-order chi connectivity index (χ1) is 11.5. The summed E-state index contributed by atoms with van der Waals surface area (Å²) in [5.74, 6) is 0.150. The van der Waals surface area contributed by atoms with E-state index in [9.17, 15) is 14.0 Å². The lowest BCUT2D eigenvalue weighted by molar-refractivity contribution is -0.111. The van der Waals surface area contributed by atoms with Gasteiger partial charge in [0.05, 0.1) is 6.54 Å². The molecule has 0 spiro atoms. The molecular weight excluding hydrogens is 311 g/mol. The van der Waals surface area contributed by atoms with Crippen molar-refractivity contribution >= 4 is 23.5 Å². The van der Waals surface area contributed by atoms with Gasteiger partial charge in [-0.15, -0.1) is 0 Å². The third kappa shape index (κ3) is 3.68. The van der Waals surface area contributed by atoms with Crippen molar-refractivity contribution in [1.29, 1.82) is 5.41 Å². The molecule has 2 rings (SSSR count). The zero-order valence-corrected chi connectivity index (χ0v) is 13.4. The van der Waals surface area contributed by atoms with Crippen LogP contribution in [0, 0.1) is 12.3 Å². The third-order valence-corrected chi connectivity index (χ3v) is 3.46. The van der Waals surface area contributed by atoms with Gasteiger partial charge in [0.15, 0.2) is 5.78 Å². The minimum atomic E-state index is -0.806.